The Morgan fingerprint density at radius 1 is 1.67 bits per heavy atom. The molecular formula is C9H14O3. The van der Waals surface area contributed by atoms with E-state index in [4.69, 9.17) is 9.47 Å². The largest absolute Gasteiger partial charge is 0.466 e. The van der Waals surface area contributed by atoms with Crippen LogP contribution in [-0.2, 0) is 14.3 Å². The van der Waals surface area contributed by atoms with E-state index in [2.05, 4.69) is 6.58 Å². The van der Waals surface area contributed by atoms with Gasteiger partial charge in [0.15, 0.2) is 0 Å². The lowest BCUT2D eigenvalue weighted by Gasteiger charge is -2.11. The number of carbonyl (C=O) groups excluding carboxylic acids is 1. The maximum Gasteiger partial charge on any atom is 0.305 e. The molecule has 0 amide bonds. The van der Waals surface area contributed by atoms with Gasteiger partial charge in [0.05, 0.1) is 19.3 Å². The minimum absolute atomic E-state index is 0.111. The van der Waals surface area contributed by atoms with Crippen LogP contribution in [0.2, 0.25) is 0 Å². The van der Waals surface area contributed by atoms with Crippen molar-refractivity contribution in [3.63, 3.8) is 0 Å². The topological polar surface area (TPSA) is 35.5 Å². The van der Waals surface area contributed by atoms with Crippen molar-refractivity contribution >= 4 is 5.97 Å². The molecule has 12 heavy (non-hydrogen) atoms. The summed E-state index contributed by atoms with van der Waals surface area (Å²) >= 11 is 0. The Morgan fingerprint density at radius 2 is 2.50 bits per heavy atom. The Kier molecular flexibility index (Phi) is 3.80. The average molecular weight is 170 g/mol. The third-order valence-corrected chi connectivity index (χ3v) is 1.82. The summed E-state index contributed by atoms with van der Waals surface area (Å²) in [6.07, 6.45) is 3.93. The van der Waals surface area contributed by atoms with Crippen molar-refractivity contribution in [2.45, 2.75) is 25.4 Å². The van der Waals surface area contributed by atoms with E-state index in [9.17, 15) is 4.79 Å². The third-order valence-electron chi connectivity index (χ3n) is 1.82. The van der Waals surface area contributed by atoms with Crippen LogP contribution in [0.4, 0.5) is 0 Å². The molecule has 0 aromatic carbocycles. The standard InChI is InChI=1S/C9H14O3/c1-2-6-11-8-3-4-9(10)12-7-5-8/h2,8H,1,3-7H2/t8-/m0/s1. The molecule has 1 aliphatic heterocycles. The first-order valence-electron chi connectivity index (χ1n) is 4.21. The molecular weight excluding hydrogens is 156 g/mol. The fraction of sp³-hybridized carbons (Fsp3) is 0.667. The van der Waals surface area contributed by atoms with Crippen LogP contribution in [0.5, 0.6) is 0 Å². The van der Waals surface area contributed by atoms with Gasteiger partial charge >= 0.3 is 5.97 Å². The molecule has 0 aromatic rings. The van der Waals surface area contributed by atoms with Gasteiger partial charge in [0, 0.05) is 12.8 Å². The minimum atomic E-state index is -0.111. The van der Waals surface area contributed by atoms with Gasteiger partial charge in [-0.15, -0.1) is 6.58 Å². The van der Waals surface area contributed by atoms with E-state index in [0.717, 1.165) is 12.8 Å². The Balaban J connectivity index is 2.25. The van der Waals surface area contributed by atoms with Crippen LogP contribution in [0.1, 0.15) is 19.3 Å². The van der Waals surface area contributed by atoms with Crippen LogP contribution in [0, 0.1) is 0 Å². The lowest BCUT2D eigenvalue weighted by molar-refractivity contribution is -0.142. The Morgan fingerprint density at radius 3 is 3.25 bits per heavy atom. The first-order valence-corrected chi connectivity index (χ1v) is 4.21. The first kappa shape index (κ1) is 9.26. The van der Waals surface area contributed by atoms with E-state index >= 15 is 0 Å². The molecule has 0 spiro atoms. The van der Waals surface area contributed by atoms with E-state index < -0.39 is 0 Å². The second-order valence-electron chi connectivity index (χ2n) is 2.79. The second kappa shape index (κ2) is 4.93. The molecule has 0 radical (unpaired) electrons. The molecule has 0 N–H and O–H groups in total. The molecule has 0 aliphatic carbocycles. The fourth-order valence-electron chi connectivity index (χ4n) is 1.17. The maximum absolute atomic E-state index is 10.8. The van der Waals surface area contributed by atoms with Crippen LogP contribution in [-0.4, -0.2) is 25.3 Å². The predicted octanol–water partition coefficient (Wildman–Crippen LogP) is 1.28. The van der Waals surface area contributed by atoms with Crippen molar-refractivity contribution in [3.8, 4) is 0 Å². The Bertz CT molecular complexity index is 165. The highest BCUT2D eigenvalue weighted by atomic mass is 16.5. The molecule has 3 heteroatoms. The number of ether oxygens (including phenoxy) is 2. The van der Waals surface area contributed by atoms with Gasteiger partial charge in [0.2, 0.25) is 0 Å². The van der Waals surface area contributed by atoms with Gasteiger partial charge in [0.1, 0.15) is 0 Å². The number of hydrogen-bond donors (Lipinski definition) is 0. The molecule has 1 aliphatic rings. The van der Waals surface area contributed by atoms with E-state index in [-0.39, 0.29) is 12.1 Å². The van der Waals surface area contributed by atoms with Gasteiger partial charge in [0.25, 0.3) is 0 Å². The number of carbonyl (C=O) groups is 1. The summed E-state index contributed by atoms with van der Waals surface area (Å²) in [6.45, 7) is 4.60. The Labute approximate surface area is 72.4 Å². The van der Waals surface area contributed by atoms with Crippen LogP contribution in [0.3, 0.4) is 0 Å². The minimum Gasteiger partial charge on any atom is -0.466 e. The molecule has 1 heterocycles. The van der Waals surface area contributed by atoms with Crippen molar-refractivity contribution in [3.05, 3.63) is 12.7 Å². The normalized spacial score (nSPS) is 24.3. The highest BCUT2D eigenvalue weighted by Crippen LogP contribution is 2.12. The van der Waals surface area contributed by atoms with E-state index in [1.807, 2.05) is 0 Å². The molecule has 0 aromatic heterocycles. The summed E-state index contributed by atoms with van der Waals surface area (Å²) in [7, 11) is 0. The van der Waals surface area contributed by atoms with Crippen molar-refractivity contribution < 1.29 is 14.3 Å². The average Bonchev–Trinajstić information content (AvgIpc) is 2.27. The number of rotatable bonds is 3. The third kappa shape index (κ3) is 3.05. The Hall–Kier alpha value is -0.830. The van der Waals surface area contributed by atoms with Gasteiger partial charge < -0.3 is 9.47 Å². The summed E-state index contributed by atoms with van der Waals surface area (Å²) in [5, 5.41) is 0. The van der Waals surface area contributed by atoms with Gasteiger partial charge in [-0.1, -0.05) is 6.08 Å². The molecule has 3 nitrogen and oxygen atoms in total. The van der Waals surface area contributed by atoms with E-state index in [0.29, 0.717) is 19.6 Å². The van der Waals surface area contributed by atoms with Gasteiger partial charge in [-0.3, -0.25) is 4.79 Å². The zero-order chi connectivity index (χ0) is 8.81. The van der Waals surface area contributed by atoms with Crippen LogP contribution in [0.15, 0.2) is 12.7 Å². The highest BCUT2D eigenvalue weighted by Gasteiger charge is 2.16. The summed E-state index contributed by atoms with van der Waals surface area (Å²) in [5.41, 5.74) is 0. The molecule has 1 fully saturated rings. The number of esters is 1. The quantitative estimate of drug-likeness (QED) is 0.473. The van der Waals surface area contributed by atoms with Crippen LogP contribution in [0.25, 0.3) is 0 Å². The summed E-state index contributed by atoms with van der Waals surface area (Å²) in [5.74, 6) is -0.111. The number of hydrogen-bond acceptors (Lipinski definition) is 3. The van der Waals surface area contributed by atoms with Gasteiger partial charge in [-0.25, -0.2) is 0 Å². The monoisotopic (exact) mass is 170 g/mol. The van der Waals surface area contributed by atoms with Crippen LogP contribution < -0.4 is 0 Å². The lowest BCUT2D eigenvalue weighted by Crippen LogP contribution is -2.12. The zero-order valence-corrected chi connectivity index (χ0v) is 7.12. The summed E-state index contributed by atoms with van der Waals surface area (Å²) in [4.78, 5) is 10.8. The number of cyclic esters (lactones) is 1. The van der Waals surface area contributed by atoms with E-state index in [1.165, 1.54) is 0 Å². The highest BCUT2D eigenvalue weighted by molar-refractivity contribution is 5.69. The molecule has 1 rings (SSSR count). The molecule has 0 bridgehead atoms. The maximum atomic E-state index is 10.8. The van der Waals surface area contributed by atoms with Gasteiger partial charge in [-0.2, -0.15) is 0 Å². The first-order chi connectivity index (χ1) is 5.83. The summed E-state index contributed by atoms with van der Waals surface area (Å²) in [6, 6.07) is 0. The van der Waals surface area contributed by atoms with Crippen LogP contribution >= 0.6 is 0 Å². The van der Waals surface area contributed by atoms with Gasteiger partial charge in [-0.05, 0) is 6.42 Å². The second-order valence-corrected chi connectivity index (χ2v) is 2.79. The van der Waals surface area contributed by atoms with Crippen molar-refractivity contribution in [1.82, 2.24) is 0 Å². The zero-order valence-electron chi connectivity index (χ0n) is 7.12. The molecule has 1 atom stereocenters. The molecule has 68 valence electrons. The molecule has 0 unspecified atom stereocenters. The lowest BCUT2D eigenvalue weighted by atomic mass is 10.1. The predicted molar refractivity (Wildman–Crippen MR) is 44.7 cm³/mol. The van der Waals surface area contributed by atoms with Crippen molar-refractivity contribution in [2.75, 3.05) is 13.2 Å². The van der Waals surface area contributed by atoms with Crippen molar-refractivity contribution in [1.29, 1.82) is 0 Å². The SMILES string of the molecule is C=CCO[C@@H]1CCOC(=O)CC1. The molecule has 1 saturated heterocycles. The molecule has 0 saturated carbocycles. The fourth-order valence-corrected chi connectivity index (χ4v) is 1.17. The smallest absolute Gasteiger partial charge is 0.305 e. The van der Waals surface area contributed by atoms with Crippen molar-refractivity contribution in [2.24, 2.45) is 0 Å². The summed E-state index contributed by atoms with van der Waals surface area (Å²) < 4.78 is 10.3. The van der Waals surface area contributed by atoms with E-state index in [1.54, 1.807) is 6.08 Å².